The van der Waals surface area contributed by atoms with E-state index in [1.165, 1.54) is 21.8 Å². The van der Waals surface area contributed by atoms with Crippen LogP contribution in [0.3, 0.4) is 0 Å². The second kappa shape index (κ2) is 8.31. The van der Waals surface area contributed by atoms with Crippen molar-refractivity contribution in [2.24, 2.45) is 0 Å². The number of fused-ring (bicyclic) bond motifs is 1. The zero-order chi connectivity index (χ0) is 20.3. The van der Waals surface area contributed by atoms with E-state index in [-0.39, 0.29) is 17.2 Å². The Labute approximate surface area is 171 Å². The van der Waals surface area contributed by atoms with Gasteiger partial charge in [0.2, 0.25) is 0 Å². The Balaban J connectivity index is 1.86. The first-order chi connectivity index (χ1) is 13.3. The molecule has 0 bridgehead atoms. The smallest absolute Gasteiger partial charge is 0.256 e. The Bertz CT molecular complexity index is 889. The third-order valence-electron chi connectivity index (χ3n) is 5.05. The Kier molecular flexibility index (Phi) is 6.04. The van der Waals surface area contributed by atoms with Crippen LogP contribution in [-0.4, -0.2) is 18.4 Å². The van der Waals surface area contributed by atoms with Gasteiger partial charge in [0.25, 0.3) is 11.8 Å². The number of hydrogen-bond donors (Lipinski definition) is 2. The Morgan fingerprint density at radius 1 is 1.11 bits per heavy atom. The summed E-state index contributed by atoms with van der Waals surface area (Å²) in [4.78, 5) is 26.8. The fourth-order valence-electron chi connectivity index (χ4n) is 3.44. The van der Waals surface area contributed by atoms with E-state index in [1.54, 1.807) is 6.08 Å². The number of thiophene rings is 1. The molecule has 3 rings (SSSR count). The van der Waals surface area contributed by atoms with Crippen molar-refractivity contribution in [2.75, 3.05) is 11.9 Å². The molecule has 2 N–H and O–H groups in total. The molecular formula is C23H28N2O2S. The van der Waals surface area contributed by atoms with Crippen LogP contribution in [0.15, 0.2) is 36.9 Å². The highest BCUT2D eigenvalue weighted by Crippen LogP contribution is 2.38. The third-order valence-corrected chi connectivity index (χ3v) is 6.25. The van der Waals surface area contributed by atoms with Crippen LogP contribution in [-0.2, 0) is 18.3 Å². The van der Waals surface area contributed by atoms with E-state index in [9.17, 15) is 9.59 Å². The largest absolute Gasteiger partial charge is 0.348 e. The van der Waals surface area contributed by atoms with Crippen LogP contribution in [0.1, 0.15) is 70.3 Å². The molecular weight excluding hydrogens is 368 g/mol. The Morgan fingerprint density at radius 3 is 2.43 bits per heavy atom. The van der Waals surface area contributed by atoms with Gasteiger partial charge >= 0.3 is 0 Å². The van der Waals surface area contributed by atoms with Crippen molar-refractivity contribution < 1.29 is 9.59 Å². The molecule has 28 heavy (non-hydrogen) atoms. The van der Waals surface area contributed by atoms with E-state index in [0.29, 0.717) is 22.7 Å². The maximum Gasteiger partial charge on any atom is 0.256 e. The van der Waals surface area contributed by atoms with Gasteiger partial charge in [-0.15, -0.1) is 17.9 Å². The minimum atomic E-state index is -0.183. The number of rotatable bonds is 5. The van der Waals surface area contributed by atoms with E-state index in [1.807, 2.05) is 24.3 Å². The van der Waals surface area contributed by atoms with Gasteiger partial charge < -0.3 is 10.6 Å². The molecule has 4 nitrogen and oxygen atoms in total. The predicted molar refractivity (Wildman–Crippen MR) is 117 cm³/mol. The Hall–Kier alpha value is -2.40. The molecule has 0 unspecified atom stereocenters. The summed E-state index contributed by atoms with van der Waals surface area (Å²) in [5.41, 5.74) is 3.53. The summed E-state index contributed by atoms with van der Waals surface area (Å²) in [6, 6.07) is 7.68. The van der Waals surface area contributed by atoms with E-state index >= 15 is 0 Å². The minimum absolute atomic E-state index is 0.0399. The normalized spacial score (nSPS) is 13.5. The number of nitrogens with one attached hydrogen (secondary N) is 2. The van der Waals surface area contributed by atoms with E-state index in [0.717, 1.165) is 31.2 Å². The quantitative estimate of drug-likeness (QED) is 0.692. The zero-order valence-corrected chi connectivity index (χ0v) is 17.7. The van der Waals surface area contributed by atoms with Gasteiger partial charge in [-0.1, -0.05) is 39.0 Å². The molecule has 0 atom stereocenters. The monoisotopic (exact) mass is 396 g/mol. The second-order valence-corrected chi connectivity index (χ2v) is 9.30. The van der Waals surface area contributed by atoms with E-state index in [4.69, 9.17) is 0 Å². The fraction of sp³-hybridized carbons (Fsp3) is 0.391. The number of carbonyl (C=O) groups excluding carboxylic acids is 2. The summed E-state index contributed by atoms with van der Waals surface area (Å²) in [6.07, 6.45) is 5.72. The lowest BCUT2D eigenvalue weighted by Crippen LogP contribution is -2.26. The van der Waals surface area contributed by atoms with Gasteiger partial charge in [0.1, 0.15) is 5.00 Å². The van der Waals surface area contributed by atoms with E-state index < -0.39 is 0 Å². The highest BCUT2D eigenvalue weighted by molar-refractivity contribution is 7.17. The Morgan fingerprint density at radius 2 is 1.79 bits per heavy atom. The molecule has 148 valence electrons. The summed E-state index contributed by atoms with van der Waals surface area (Å²) < 4.78 is 0. The molecule has 1 heterocycles. The van der Waals surface area contributed by atoms with Gasteiger partial charge in [-0.3, -0.25) is 9.59 Å². The highest BCUT2D eigenvalue weighted by atomic mass is 32.1. The molecule has 0 radical (unpaired) electrons. The van der Waals surface area contributed by atoms with Gasteiger partial charge in [-0.2, -0.15) is 0 Å². The predicted octanol–water partition coefficient (Wildman–Crippen LogP) is 5.09. The number of anilines is 1. The zero-order valence-electron chi connectivity index (χ0n) is 16.9. The minimum Gasteiger partial charge on any atom is -0.348 e. The number of amides is 2. The SMILES string of the molecule is C=CCNC(=O)c1c(NC(=O)c2ccc(C(C)(C)C)cc2)sc2c1CCCC2. The van der Waals surface area contributed by atoms with Crippen molar-refractivity contribution in [3.63, 3.8) is 0 Å². The molecule has 1 aromatic heterocycles. The van der Waals surface area contributed by atoms with Crippen molar-refractivity contribution in [1.82, 2.24) is 5.32 Å². The molecule has 0 saturated heterocycles. The molecule has 1 aromatic carbocycles. The summed E-state index contributed by atoms with van der Waals surface area (Å²) in [5.74, 6) is -0.325. The first-order valence-corrected chi connectivity index (χ1v) is 10.6. The fourth-order valence-corrected chi connectivity index (χ4v) is 4.73. The lowest BCUT2D eigenvalue weighted by Gasteiger charge is -2.19. The molecule has 0 saturated carbocycles. The lowest BCUT2D eigenvalue weighted by atomic mass is 9.87. The maximum absolute atomic E-state index is 12.8. The van der Waals surface area contributed by atoms with Crippen molar-refractivity contribution in [2.45, 2.75) is 51.9 Å². The summed E-state index contributed by atoms with van der Waals surface area (Å²) in [6.45, 7) is 10.5. The average Bonchev–Trinajstić information content (AvgIpc) is 3.03. The number of hydrogen-bond acceptors (Lipinski definition) is 3. The van der Waals surface area contributed by atoms with Gasteiger partial charge in [0.15, 0.2) is 0 Å². The van der Waals surface area contributed by atoms with Gasteiger partial charge in [0, 0.05) is 17.0 Å². The first kappa shape index (κ1) is 20.3. The standard InChI is InChI=1S/C23H28N2O2S/c1-5-14-24-21(27)19-17-8-6-7-9-18(17)28-22(19)25-20(26)15-10-12-16(13-11-15)23(2,3)4/h5,10-13H,1,6-9,14H2,2-4H3,(H,24,27)(H,25,26). The van der Waals surface area contributed by atoms with Crippen molar-refractivity contribution in [3.05, 3.63) is 64.1 Å². The molecule has 1 aliphatic carbocycles. The van der Waals surface area contributed by atoms with Crippen molar-refractivity contribution in [1.29, 1.82) is 0 Å². The van der Waals surface area contributed by atoms with Crippen molar-refractivity contribution >= 4 is 28.2 Å². The van der Waals surface area contributed by atoms with Crippen LogP contribution in [0.4, 0.5) is 5.00 Å². The van der Waals surface area contributed by atoms with E-state index in [2.05, 4.69) is 38.0 Å². The molecule has 5 heteroatoms. The maximum atomic E-state index is 12.8. The number of aryl methyl sites for hydroxylation is 1. The van der Waals surface area contributed by atoms with Crippen LogP contribution in [0.2, 0.25) is 0 Å². The van der Waals surface area contributed by atoms with Crippen molar-refractivity contribution in [3.8, 4) is 0 Å². The molecule has 0 spiro atoms. The first-order valence-electron chi connectivity index (χ1n) is 9.77. The average molecular weight is 397 g/mol. The molecule has 1 aliphatic rings. The third kappa shape index (κ3) is 4.36. The molecule has 0 aliphatic heterocycles. The number of benzene rings is 1. The molecule has 2 aromatic rings. The van der Waals surface area contributed by atoms with Gasteiger partial charge in [-0.25, -0.2) is 0 Å². The highest BCUT2D eigenvalue weighted by Gasteiger charge is 2.26. The van der Waals surface area contributed by atoms with Gasteiger partial charge in [0.05, 0.1) is 5.56 Å². The topological polar surface area (TPSA) is 58.2 Å². The van der Waals surface area contributed by atoms with Crippen LogP contribution >= 0.6 is 11.3 Å². The van der Waals surface area contributed by atoms with Crippen LogP contribution < -0.4 is 10.6 Å². The molecule has 0 fully saturated rings. The summed E-state index contributed by atoms with van der Waals surface area (Å²) >= 11 is 1.54. The second-order valence-electron chi connectivity index (χ2n) is 8.20. The lowest BCUT2D eigenvalue weighted by molar-refractivity contribution is 0.0958. The van der Waals surface area contributed by atoms with Crippen LogP contribution in [0, 0.1) is 0 Å². The van der Waals surface area contributed by atoms with Gasteiger partial charge in [-0.05, 0) is 54.4 Å². The van der Waals surface area contributed by atoms with Crippen LogP contribution in [0.25, 0.3) is 0 Å². The summed E-state index contributed by atoms with van der Waals surface area (Å²) in [7, 11) is 0. The van der Waals surface area contributed by atoms with Crippen LogP contribution in [0.5, 0.6) is 0 Å². The molecule has 2 amide bonds. The number of carbonyl (C=O) groups is 2. The summed E-state index contributed by atoms with van der Waals surface area (Å²) in [5, 5.41) is 6.50.